The standard InChI is InChI=1S/C12H16N2O3/c13-9-4-8(5-10(14)6-9)12(15)17-7-11-2-1-3-16-11/h4-6,11H,1-3,7,13-14H2. The number of benzene rings is 1. The summed E-state index contributed by atoms with van der Waals surface area (Å²) in [5, 5.41) is 0. The molecule has 0 radical (unpaired) electrons. The van der Waals surface area contributed by atoms with Crippen molar-refractivity contribution in [3.63, 3.8) is 0 Å². The van der Waals surface area contributed by atoms with E-state index in [-0.39, 0.29) is 12.7 Å². The first-order valence-corrected chi connectivity index (χ1v) is 5.60. The zero-order chi connectivity index (χ0) is 12.3. The summed E-state index contributed by atoms with van der Waals surface area (Å²) in [6.45, 7) is 1.03. The molecular formula is C12H16N2O3. The van der Waals surface area contributed by atoms with Crippen LogP contribution in [0.5, 0.6) is 0 Å². The van der Waals surface area contributed by atoms with E-state index >= 15 is 0 Å². The van der Waals surface area contributed by atoms with Gasteiger partial charge in [0.25, 0.3) is 0 Å². The topological polar surface area (TPSA) is 87.6 Å². The first-order valence-electron chi connectivity index (χ1n) is 5.60. The van der Waals surface area contributed by atoms with Crippen molar-refractivity contribution in [1.29, 1.82) is 0 Å². The van der Waals surface area contributed by atoms with Gasteiger partial charge in [0.05, 0.1) is 11.7 Å². The highest BCUT2D eigenvalue weighted by atomic mass is 16.6. The second-order valence-corrected chi connectivity index (χ2v) is 4.12. The monoisotopic (exact) mass is 236 g/mol. The summed E-state index contributed by atoms with van der Waals surface area (Å²) >= 11 is 0. The lowest BCUT2D eigenvalue weighted by Gasteiger charge is -2.10. The maximum Gasteiger partial charge on any atom is 0.338 e. The fourth-order valence-electron chi connectivity index (χ4n) is 1.82. The summed E-state index contributed by atoms with van der Waals surface area (Å²) in [6, 6.07) is 4.69. The van der Waals surface area contributed by atoms with E-state index in [1.165, 1.54) is 0 Å². The predicted molar refractivity (Wildman–Crippen MR) is 64.5 cm³/mol. The third kappa shape index (κ3) is 3.10. The first-order chi connectivity index (χ1) is 8.15. The van der Waals surface area contributed by atoms with Crippen LogP contribution < -0.4 is 11.5 Å². The van der Waals surface area contributed by atoms with E-state index in [1.54, 1.807) is 18.2 Å². The van der Waals surface area contributed by atoms with Gasteiger partial charge < -0.3 is 20.9 Å². The molecule has 5 nitrogen and oxygen atoms in total. The lowest BCUT2D eigenvalue weighted by Crippen LogP contribution is -2.18. The molecule has 0 amide bonds. The molecule has 0 bridgehead atoms. The Morgan fingerprint density at radius 1 is 1.35 bits per heavy atom. The van der Waals surface area contributed by atoms with Crippen molar-refractivity contribution in [1.82, 2.24) is 0 Å². The zero-order valence-corrected chi connectivity index (χ0v) is 9.52. The molecule has 1 saturated heterocycles. The van der Waals surface area contributed by atoms with Crippen molar-refractivity contribution < 1.29 is 14.3 Å². The summed E-state index contributed by atoms with van der Waals surface area (Å²) in [6.07, 6.45) is 1.98. The lowest BCUT2D eigenvalue weighted by atomic mass is 10.2. The van der Waals surface area contributed by atoms with Crippen LogP contribution in [0.1, 0.15) is 23.2 Å². The molecule has 0 spiro atoms. The van der Waals surface area contributed by atoms with Gasteiger partial charge in [0.1, 0.15) is 6.61 Å². The number of esters is 1. The van der Waals surface area contributed by atoms with Gasteiger partial charge in [-0.3, -0.25) is 0 Å². The zero-order valence-electron chi connectivity index (χ0n) is 9.52. The van der Waals surface area contributed by atoms with E-state index in [1.807, 2.05) is 0 Å². The number of hydrogen-bond donors (Lipinski definition) is 2. The number of nitrogens with two attached hydrogens (primary N) is 2. The molecule has 4 N–H and O–H groups in total. The van der Waals surface area contributed by atoms with Crippen molar-refractivity contribution >= 4 is 17.3 Å². The molecule has 1 aliphatic rings. The number of hydrogen-bond acceptors (Lipinski definition) is 5. The van der Waals surface area contributed by atoms with Gasteiger partial charge in [0, 0.05) is 18.0 Å². The van der Waals surface area contributed by atoms with Crippen LogP contribution in [-0.2, 0) is 9.47 Å². The lowest BCUT2D eigenvalue weighted by molar-refractivity contribution is 0.0161. The van der Waals surface area contributed by atoms with Gasteiger partial charge in [-0.15, -0.1) is 0 Å². The number of carbonyl (C=O) groups excluding carboxylic acids is 1. The van der Waals surface area contributed by atoms with Crippen LogP contribution in [0.25, 0.3) is 0 Å². The Balaban J connectivity index is 1.94. The fourth-order valence-corrected chi connectivity index (χ4v) is 1.82. The number of anilines is 2. The molecule has 1 aromatic carbocycles. The van der Waals surface area contributed by atoms with Crippen LogP contribution >= 0.6 is 0 Å². The molecule has 0 aromatic heterocycles. The third-order valence-corrected chi connectivity index (χ3v) is 2.64. The Bertz CT molecular complexity index is 394. The van der Waals surface area contributed by atoms with Gasteiger partial charge in [-0.25, -0.2) is 4.79 Å². The average Bonchev–Trinajstić information content (AvgIpc) is 2.77. The van der Waals surface area contributed by atoms with Crippen LogP contribution in [0.4, 0.5) is 11.4 Å². The molecular weight excluding hydrogens is 220 g/mol. The molecule has 1 unspecified atom stereocenters. The first kappa shape index (κ1) is 11.7. The van der Waals surface area contributed by atoms with Crippen LogP contribution in [-0.4, -0.2) is 25.3 Å². The van der Waals surface area contributed by atoms with Crippen LogP contribution in [0.2, 0.25) is 0 Å². The van der Waals surface area contributed by atoms with Gasteiger partial charge in [-0.1, -0.05) is 0 Å². The van der Waals surface area contributed by atoms with Gasteiger partial charge in [0.2, 0.25) is 0 Å². The maximum atomic E-state index is 11.7. The average molecular weight is 236 g/mol. The van der Waals surface area contributed by atoms with E-state index in [9.17, 15) is 4.79 Å². The molecule has 1 aliphatic heterocycles. The normalized spacial score (nSPS) is 19.2. The summed E-state index contributed by atoms with van der Waals surface area (Å²) in [4.78, 5) is 11.7. The summed E-state index contributed by atoms with van der Waals surface area (Å²) in [7, 11) is 0. The highest BCUT2D eigenvalue weighted by Gasteiger charge is 2.18. The Labute approximate surface area is 99.7 Å². The highest BCUT2D eigenvalue weighted by molar-refractivity contribution is 5.91. The molecule has 5 heteroatoms. The van der Waals surface area contributed by atoms with Crippen molar-refractivity contribution in [3.8, 4) is 0 Å². The molecule has 1 atom stereocenters. The summed E-state index contributed by atoms with van der Waals surface area (Å²) in [5.41, 5.74) is 12.5. The minimum atomic E-state index is -0.417. The Morgan fingerprint density at radius 3 is 2.65 bits per heavy atom. The van der Waals surface area contributed by atoms with Crippen molar-refractivity contribution in [2.24, 2.45) is 0 Å². The molecule has 2 rings (SSSR count). The molecule has 1 heterocycles. The number of nitrogen functional groups attached to an aromatic ring is 2. The Kier molecular flexibility index (Phi) is 3.49. The maximum absolute atomic E-state index is 11.7. The molecule has 0 aliphatic carbocycles. The van der Waals surface area contributed by atoms with Gasteiger partial charge in [0.15, 0.2) is 0 Å². The summed E-state index contributed by atoms with van der Waals surface area (Å²) in [5.74, 6) is -0.417. The molecule has 1 fully saturated rings. The minimum Gasteiger partial charge on any atom is -0.459 e. The second kappa shape index (κ2) is 5.05. The second-order valence-electron chi connectivity index (χ2n) is 4.12. The van der Waals surface area contributed by atoms with Crippen molar-refractivity contribution in [3.05, 3.63) is 23.8 Å². The number of ether oxygens (including phenoxy) is 2. The van der Waals surface area contributed by atoms with Gasteiger partial charge in [-0.2, -0.15) is 0 Å². The van der Waals surface area contributed by atoms with Crippen LogP contribution in [0, 0.1) is 0 Å². The van der Waals surface area contributed by atoms with E-state index in [2.05, 4.69) is 0 Å². The highest BCUT2D eigenvalue weighted by Crippen LogP contribution is 2.16. The van der Waals surface area contributed by atoms with Crippen LogP contribution in [0.3, 0.4) is 0 Å². The largest absolute Gasteiger partial charge is 0.459 e. The van der Waals surface area contributed by atoms with E-state index in [0.717, 1.165) is 19.4 Å². The number of carbonyl (C=O) groups is 1. The third-order valence-electron chi connectivity index (χ3n) is 2.64. The van der Waals surface area contributed by atoms with Gasteiger partial charge in [-0.05, 0) is 31.0 Å². The predicted octanol–water partition coefficient (Wildman–Crippen LogP) is 1.19. The molecule has 0 saturated carbocycles. The quantitative estimate of drug-likeness (QED) is 0.608. The molecule has 1 aromatic rings. The summed E-state index contributed by atoms with van der Waals surface area (Å²) < 4.78 is 10.5. The Hall–Kier alpha value is -1.75. The fraction of sp³-hybridized carbons (Fsp3) is 0.417. The van der Waals surface area contributed by atoms with E-state index in [4.69, 9.17) is 20.9 Å². The SMILES string of the molecule is Nc1cc(N)cc(C(=O)OCC2CCCO2)c1. The smallest absolute Gasteiger partial charge is 0.338 e. The number of rotatable bonds is 3. The van der Waals surface area contributed by atoms with Crippen LogP contribution in [0.15, 0.2) is 18.2 Å². The minimum absolute atomic E-state index is 0.0253. The van der Waals surface area contributed by atoms with Crippen molar-refractivity contribution in [2.45, 2.75) is 18.9 Å². The molecule has 92 valence electrons. The Morgan fingerprint density at radius 2 is 2.06 bits per heavy atom. The van der Waals surface area contributed by atoms with Crippen molar-refractivity contribution in [2.75, 3.05) is 24.7 Å². The van der Waals surface area contributed by atoms with E-state index < -0.39 is 5.97 Å². The van der Waals surface area contributed by atoms with E-state index in [0.29, 0.717) is 16.9 Å². The van der Waals surface area contributed by atoms with Gasteiger partial charge >= 0.3 is 5.97 Å². The molecule has 17 heavy (non-hydrogen) atoms.